The van der Waals surface area contributed by atoms with E-state index in [0.717, 1.165) is 24.0 Å². The quantitative estimate of drug-likeness (QED) is 0.838. The third kappa shape index (κ3) is 4.05. The molecule has 1 aliphatic carbocycles. The standard InChI is InChI=1S/C16H24N2O2/c1-20-11-12-7-9-13(10-8-12)15(16(17)19)18-14-5-3-2-4-6-14/h7-10,14-15,18H,2-6,11H2,1H3,(H2,17,19). The highest BCUT2D eigenvalue weighted by atomic mass is 16.5. The Morgan fingerprint density at radius 3 is 2.50 bits per heavy atom. The van der Waals surface area contributed by atoms with Crippen molar-refractivity contribution in [3.05, 3.63) is 35.4 Å². The first-order valence-corrected chi connectivity index (χ1v) is 7.34. The number of nitrogens with one attached hydrogen (secondary N) is 1. The van der Waals surface area contributed by atoms with Crippen LogP contribution in [0.5, 0.6) is 0 Å². The maximum absolute atomic E-state index is 11.7. The van der Waals surface area contributed by atoms with Crippen LogP contribution >= 0.6 is 0 Å². The van der Waals surface area contributed by atoms with Crippen LogP contribution in [0.1, 0.15) is 49.3 Å². The molecule has 1 aromatic carbocycles. The second-order valence-corrected chi connectivity index (χ2v) is 5.51. The number of hydrogen-bond donors (Lipinski definition) is 2. The molecule has 1 aliphatic rings. The molecule has 1 aromatic rings. The van der Waals surface area contributed by atoms with Gasteiger partial charge in [0.1, 0.15) is 6.04 Å². The van der Waals surface area contributed by atoms with Gasteiger partial charge in [-0.3, -0.25) is 10.1 Å². The number of primary amides is 1. The molecular formula is C16H24N2O2. The minimum absolute atomic E-state index is 0.310. The first-order valence-electron chi connectivity index (χ1n) is 7.34. The molecule has 0 heterocycles. The molecule has 1 atom stereocenters. The van der Waals surface area contributed by atoms with Gasteiger partial charge in [-0.05, 0) is 24.0 Å². The van der Waals surface area contributed by atoms with E-state index in [1.54, 1.807) is 7.11 Å². The summed E-state index contributed by atoms with van der Waals surface area (Å²) in [6.07, 6.45) is 6.02. The van der Waals surface area contributed by atoms with Crippen molar-refractivity contribution in [2.24, 2.45) is 5.73 Å². The van der Waals surface area contributed by atoms with E-state index in [4.69, 9.17) is 10.5 Å². The number of benzene rings is 1. The first-order chi connectivity index (χ1) is 9.70. The van der Waals surface area contributed by atoms with Crippen LogP contribution in [0.15, 0.2) is 24.3 Å². The Morgan fingerprint density at radius 1 is 1.30 bits per heavy atom. The molecule has 0 aromatic heterocycles. The summed E-state index contributed by atoms with van der Waals surface area (Å²) in [5.41, 5.74) is 7.58. The Labute approximate surface area is 120 Å². The summed E-state index contributed by atoms with van der Waals surface area (Å²) < 4.78 is 5.09. The van der Waals surface area contributed by atoms with Crippen LogP contribution in [0.2, 0.25) is 0 Å². The lowest BCUT2D eigenvalue weighted by atomic mass is 9.93. The highest BCUT2D eigenvalue weighted by Gasteiger charge is 2.22. The lowest BCUT2D eigenvalue weighted by Crippen LogP contribution is -2.40. The molecule has 0 saturated heterocycles. The molecule has 1 fully saturated rings. The molecule has 1 unspecified atom stereocenters. The normalized spacial score (nSPS) is 17.9. The fraction of sp³-hybridized carbons (Fsp3) is 0.562. The van der Waals surface area contributed by atoms with Crippen LogP contribution in [-0.2, 0) is 16.1 Å². The van der Waals surface area contributed by atoms with Crippen molar-refractivity contribution < 1.29 is 9.53 Å². The molecule has 2 rings (SSSR count). The van der Waals surface area contributed by atoms with E-state index < -0.39 is 6.04 Å². The molecule has 110 valence electrons. The van der Waals surface area contributed by atoms with E-state index in [1.807, 2.05) is 24.3 Å². The van der Waals surface area contributed by atoms with Gasteiger partial charge in [-0.15, -0.1) is 0 Å². The highest BCUT2D eigenvalue weighted by molar-refractivity contribution is 5.81. The Morgan fingerprint density at radius 2 is 1.95 bits per heavy atom. The number of carbonyl (C=O) groups is 1. The van der Waals surface area contributed by atoms with E-state index in [0.29, 0.717) is 12.6 Å². The van der Waals surface area contributed by atoms with Gasteiger partial charge in [-0.2, -0.15) is 0 Å². The second kappa shape index (κ2) is 7.41. The fourth-order valence-corrected chi connectivity index (χ4v) is 2.82. The SMILES string of the molecule is COCc1ccc(C(NC2CCCCC2)C(N)=O)cc1. The summed E-state index contributed by atoms with van der Waals surface area (Å²) in [6, 6.07) is 7.89. The van der Waals surface area contributed by atoms with E-state index in [9.17, 15) is 4.79 Å². The summed E-state index contributed by atoms with van der Waals surface area (Å²) in [5.74, 6) is -0.310. The van der Waals surface area contributed by atoms with Crippen LogP contribution in [0.25, 0.3) is 0 Å². The number of rotatable bonds is 6. The first kappa shape index (κ1) is 15.0. The monoisotopic (exact) mass is 276 g/mol. The molecule has 0 aliphatic heterocycles. The smallest absolute Gasteiger partial charge is 0.239 e. The van der Waals surface area contributed by atoms with Gasteiger partial charge in [0.05, 0.1) is 6.61 Å². The van der Waals surface area contributed by atoms with Crippen LogP contribution in [0.4, 0.5) is 0 Å². The number of amides is 1. The van der Waals surface area contributed by atoms with Crippen molar-refractivity contribution in [1.82, 2.24) is 5.32 Å². The maximum atomic E-state index is 11.7. The zero-order chi connectivity index (χ0) is 14.4. The summed E-state index contributed by atoms with van der Waals surface area (Å²) >= 11 is 0. The third-order valence-corrected chi connectivity index (χ3v) is 3.92. The van der Waals surface area contributed by atoms with Crippen molar-refractivity contribution >= 4 is 5.91 Å². The van der Waals surface area contributed by atoms with Gasteiger partial charge in [0.15, 0.2) is 0 Å². The van der Waals surface area contributed by atoms with Crippen molar-refractivity contribution in [3.8, 4) is 0 Å². The van der Waals surface area contributed by atoms with E-state index in [2.05, 4.69) is 5.32 Å². The molecular weight excluding hydrogens is 252 g/mol. The number of ether oxygens (including phenoxy) is 1. The fourth-order valence-electron chi connectivity index (χ4n) is 2.82. The molecule has 1 amide bonds. The highest BCUT2D eigenvalue weighted by Crippen LogP contribution is 2.22. The van der Waals surface area contributed by atoms with Crippen molar-refractivity contribution in [1.29, 1.82) is 0 Å². The van der Waals surface area contributed by atoms with Crippen molar-refractivity contribution in [2.45, 2.75) is 50.8 Å². The van der Waals surface area contributed by atoms with Crippen LogP contribution in [-0.4, -0.2) is 19.1 Å². The number of hydrogen-bond acceptors (Lipinski definition) is 3. The van der Waals surface area contributed by atoms with Crippen LogP contribution in [0.3, 0.4) is 0 Å². The lowest BCUT2D eigenvalue weighted by Gasteiger charge is -2.27. The van der Waals surface area contributed by atoms with Gasteiger partial charge < -0.3 is 10.5 Å². The third-order valence-electron chi connectivity index (χ3n) is 3.92. The molecule has 0 bridgehead atoms. The summed E-state index contributed by atoms with van der Waals surface area (Å²) in [4.78, 5) is 11.7. The largest absolute Gasteiger partial charge is 0.380 e. The lowest BCUT2D eigenvalue weighted by molar-refractivity contribution is -0.120. The van der Waals surface area contributed by atoms with Crippen molar-refractivity contribution in [3.63, 3.8) is 0 Å². The molecule has 20 heavy (non-hydrogen) atoms. The minimum atomic E-state index is -0.394. The number of methoxy groups -OCH3 is 1. The molecule has 0 radical (unpaired) electrons. The number of carbonyl (C=O) groups excluding carboxylic acids is 1. The van der Waals surface area contributed by atoms with Crippen molar-refractivity contribution in [2.75, 3.05) is 7.11 Å². The van der Waals surface area contributed by atoms with Gasteiger partial charge in [-0.25, -0.2) is 0 Å². The number of nitrogens with two attached hydrogens (primary N) is 1. The Balaban J connectivity index is 2.05. The topological polar surface area (TPSA) is 64.3 Å². The van der Waals surface area contributed by atoms with E-state index in [1.165, 1.54) is 19.3 Å². The van der Waals surface area contributed by atoms with Gasteiger partial charge in [0, 0.05) is 13.2 Å². The zero-order valence-corrected chi connectivity index (χ0v) is 12.1. The maximum Gasteiger partial charge on any atom is 0.239 e. The van der Waals surface area contributed by atoms with E-state index >= 15 is 0 Å². The zero-order valence-electron chi connectivity index (χ0n) is 12.1. The predicted molar refractivity (Wildman–Crippen MR) is 79.1 cm³/mol. The Hall–Kier alpha value is -1.39. The summed E-state index contributed by atoms with van der Waals surface area (Å²) in [7, 11) is 1.67. The minimum Gasteiger partial charge on any atom is -0.380 e. The van der Waals surface area contributed by atoms with Crippen LogP contribution < -0.4 is 11.1 Å². The van der Waals surface area contributed by atoms with E-state index in [-0.39, 0.29) is 5.91 Å². The molecule has 1 saturated carbocycles. The summed E-state index contributed by atoms with van der Waals surface area (Å²) in [6.45, 7) is 0.581. The Bertz CT molecular complexity index is 425. The average Bonchev–Trinajstić information content (AvgIpc) is 2.47. The molecule has 4 heteroatoms. The van der Waals surface area contributed by atoms with Gasteiger partial charge in [0.2, 0.25) is 5.91 Å². The van der Waals surface area contributed by atoms with Gasteiger partial charge in [-0.1, -0.05) is 43.5 Å². The average molecular weight is 276 g/mol. The molecule has 4 nitrogen and oxygen atoms in total. The second-order valence-electron chi connectivity index (χ2n) is 5.51. The Kier molecular flexibility index (Phi) is 5.56. The molecule has 3 N–H and O–H groups in total. The predicted octanol–water partition coefficient (Wildman–Crippen LogP) is 2.28. The van der Waals surface area contributed by atoms with Gasteiger partial charge >= 0.3 is 0 Å². The summed E-state index contributed by atoms with van der Waals surface area (Å²) in [5, 5.41) is 3.42. The van der Waals surface area contributed by atoms with Crippen LogP contribution in [0, 0.1) is 0 Å². The van der Waals surface area contributed by atoms with Gasteiger partial charge in [0.25, 0.3) is 0 Å². The molecule has 0 spiro atoms.